The van der Waals surface area contributed by atoms with Gasteiger partial charge in [-0.3, -0.25) is 9.79 Å². The van der Waals surface area contributed by atoms with Crippen molar-refractivity contribution < 1.29 is 13.2 Å². The summed E-state index contributed by atoms with van der Waals surface area (Å²) in [5.41, 5.74) is 1.36. The third-order valence-electron chi connectivity index (χ3n) is 6.29. The zero-order valence-electron chi connectivity index (χ0n) is 18.3. The van der Waals surface area contributed by atoms with Crippen LogP contribution in [-0.4, -0.2) is 80.4 Å². The Bertz CT molecular complexity index is 860. The van der Waals surface area contributed by atoms with Gasteiger partial charge in [-0.1, -0.05) is 30.3 Å². The van der Waals surface area contributed by atoms with Crippen LogP contribution in [0.25, 0.3) is 0 Å². The Morgan fingerprint density at radius 2 is 1.80 bits per heavy atom. The fraction of sp³-hybridized carbons (Fsp3) is 0.636. The molecule has 30 heavy (non-hydrogen) atoms. The van der Waals surface area contributed by atoms with Crippen LogP contribution in [0.15, 0.2) is 35.3 Å². The number of rotatable bonds is 4. The number of amides is 1. The van der Waals surface area contributed by atoms with Crippen molar-refractivity contribution in [2.24, 2.45) is 10.9 Å². The van der Waals surface area contributed by atoms with E-state index in [1.807, 2.05) is 15.9 Å². The first kappa shape index (κ1) is 22.6. The number of hydrogen-bond donors (Lipinski definition) is 1. The summed E-state index contributed by atoms with van der Waals surface area (Å²) in [6, 6.07) is 10.5. The number of aliphatic imine (C=N–C) groups is 1. The summed E-state index contributed by atoms with van der Waals surface area (Å²) < 4.78 is 23.6. The Balaban J connectivity index is 1.46. The first-order valence-electron chi connectivity index (χ1n) is 10.7. The molecular formula is C22H34N4O3S. The summed E-state index contributed by atoms with van der Waals surface area (Å²) in [6.07, 6.45) is 3.11. The molecule has 0 atom stereocenters. The molecule has 3 rings (SSSR count). The van der Waals surface area contributed by atoms with E-state index in [0.29, 0.717) is 25.0 Å². The van der Waals surface area contributed by atoms with Gasteiger partial charge in [0, 0.05) is 33.2 Å². The fourth-order valence-electron chi connectivity index (χ4n) is 4.26. The quantitative estimate of drug-likeness (QED) is 0.574. The van der Waals surface area contributed by atoms with Gasteiger partial charge in [0.15, 0.2) is 15.8 Å². The third-order valence-corrected chi connectivity index (χ3v) is 8.82. The number of piperidine rings is 1. The molecular weight excluding hydrogens is 400 g/mol. The predicted molar refractivity (Wildman–Crippen MR) is 120 cm³/mol. The topological polar surface area (TPSA) is 82.1 Å². The van der Waals surface area contributed by atoms with Crippen molar-refractivity contribution in [1.29, 1.82) is 0 Å². The Morgan fingerprint density at radius 1 is 1.13 bits per heavy atom. The highest BCUT2D eigenvalue weighted by atomic mass is 32.2. The van der Waals surface area contributed by atoms with Crippen molar-refractivity contribution in [2.75, 3.05) is 45.5 Å². The van der Waals surface area contributed by atoms with E-state index < -0.39 is 14.6 Å². The number of guanidine groups is 1. The number of benzene rings is 1. The number of hydrogen-bond acceptors (Lipinski definition) is 4. The normalized spacial score (nSPS) is 22.0. The smallest absolute Gasteiger partial charge is 0.241 e. The van der Waals surface area contributed by atoms with E-state index in [0.717, 1.165) is 32.4 Å². The van der Waals surface area contributed by atoms with Gasteiger partial charge in [-0.15, -0.1) is 0 Å². The van der Waals surface area contributed by atoms with Crippen molar-refractivity contribution in [3.8, 4) is 0 Å². The molecule has 1 aromatic carbocycles. The lowest BCUT2D eigenvalue weighted by Crippen LogP contribution is -2.58. The molecule has 1 N–H and O–H groups in total. The lowest BCUT2D eigenvalue weighted by atomic mass is 9.90. The van der Waals surface area contributed by atoms with Gasteiger partial charge >= 0.3 is 0 Å². The van der Waals surface area contributed by atoms with Crippen molar-refractivity contribution in [2.45, 2.75) is 37.9 Å². The minimum Gasteiger partial charge on any atom is -0.347 e. The van der Waals surface area contributed by atoms with Gasteiger partial charge in [-0.2, -0.15) is 0 Å². The number of carbonyl (C=O) groups is 1. The van der Waals surface area contributed by atoms with E-state index in [1.54, 1.807) is 20.9 Å². The Morgan fingerprint density at radius 3 is 2.40 bits per heavy atom. The van der Waals surface area contributed by atoms with E-state index >= 15 is 0 Å². The van der Waals surface area contributed by atoms with Gasteiger partial charge < -0.3 is 15.1 Å². The van der Waals surface area contributed by atoms with Crippen LogP contribution in [0.1, 0.15) is 32.3 Å². The molecule has 7 nitrogen and oxygen atoms in total. The molecule has 166 valence electrons. The van der Waals surface area contributed by atoms with Gasteiger partial charge in [-0.25, -0.2) is 8.42 Å². The SMILES string of the molecule is CN=C(NCC(=O)N1CCC(Cc2ccccc2)CC1)N1CCS(=O)(=O)C(C)(C)C1. The van der Waals surface area contributed by atoms with Crippen LogP contribution in [0.3, 0.4) is 0 Å². The Kier molecular flexibility index (Phi) is 7.06. The molecule has 0 radical (unpaired) electrons. The second-order valence-electron chi connectivity index (χ2n) is 8.91. The van der Waals surface area contributed by atoms with Crippen molar-refractivity contribution in [3.63, 3.8) is 0 Å². The number of carbonyl (C=O) groups excluding carboxylic acids is 1. The lowest BCUT2D eigenvalue weighted by Gasteiger charge is -2.39. The van der Waals surface area contributed by atoms with Gasteiger partial charge in [-0.05, 0) is 44.6 Å². The maximum atomic E-state index is 12.7. The molecule has 1 aromatic rings. The molecule has 2 saturated heterocycles. The molecule has 2 heterocycles. The van der Waals surface area contributed by atoms with Crippen LogP contribution in [0.2, 0.25) is 0 Å². The number of nitrogens with one attached hydrogen (secondary N) is 1. The number of sulfone groups is 1. The molecule has 0 spiro atoms. The predicted octanol–water partition coefficient (Wildman–Crippen LogP) is 1.55. The lowest BCUT2D eigenvalue weighted by molar-refractivity contribution is -0.131. The van der Waals surface area contributed by atoms with E-state index in [9.17, 15) is 13.2 Å². The summed E-state index contributed by atoms with van der Waals surface area (Å²) in [5.74, 6) is 1.38. The molecule has 0 aromatic heterocycles. The molecule has 1 amide bonds. The largest absolute Gasteiger partial charge is 0.347 e. The highest BCUT2D eigenvalue weighted by Gasteiger charge is 2.41. The second-order valence-corrected chi connectivity index (χ2v) is 11.7. The molecule has 2 aliphatic rings. The van der Waals surface area contributed by atoms with Crippen LogP contribution in [0.4, 0.5) is 0 Å². The Labute approximate surface area is 180 Å². The Hall–Kier alpha value is -2.09. The van der Waals surface area contributed by atoms with Crippen molar-refractivity contribution >= 4 is 21.7 Å². The molecule has 0 saturated carbocycles. The summed E-state index contributed by atoms with van der Waals surface area (Å²) in [4.78, 5) is 20.8. The molecule has 0 bridgehead atoms. The van der Waals surface area contributed by atoms with Crippen LogP contribution in [0, 0.1) is 5.92 Å². The summed E-state index contributed by atoms with van der Waals surface area (Å²) in [5, 5.41) is 3.14. The van der Waals surface area contributed by atoms with Crippen LogP contribution < -0.4 is 5.32 Å². The van der Waals surface area contributed by atoms with E-state index in [4.69, 9.17) is 0 Å². The molecule has 0 aliphatic carbocycles. The third kappa shape index (κ3) is 5.33. The average Bonchev–Trinajstić information content (AvgIpc) is 2.72. The van der Waals surface area contributed by atoms with Gasteiger partial charge in [0.05, 0.1) is 17.0 Å². The zero-order valence-corrected chi connectivity index (χ0v) is 19.1. The summed E-state index contributed by atoms with van der Waals surface area (Å²) in [6.45, 7) is 5.99. The van der Waals surface area contributed by atoms with E-state index in [2.05, 4.69) is 34.6 Å². The van der Waals surface area contributed by atoms with Crippen LogP contribution >= 0.6 is 0 Å². The summed E-state index contributed by atoms with van der Waals surface area (Å²) in [7, 11) is -1.45. The maximum Gasteiger partial charge on any atom is 0.241 e. The van der Waals surface area contributed by atoms with Gasteiger partial charge in [0.1, 0.15) is 0 Å². The monoisotopic (exact) mass is 434 g/mol. The highest BCUT2D eigenvalue weighted by Crippen LogP contribution is 2.24. The van der Waals surface area contributed by atoms with E-state index in [1.165, 1.54) is 5.56 Å². The fourth-order valence-corrected chi connectivity index (χ4v) is 5.62. The minimum absolute atomic E-state index is 0.0678. The molecule has 2 fully saturated rings. The second kappa shape index (κ2) is 9.37. The van der Waals surface area contributed by atoms with Gasteiger partial charge in [0.25, 0.3) is 0 Å². The highest BCUT2D eigenvalue weighted by molar-refractivity contribution is 7.92. The van der Waals surface area contributed by atoms with Crippen LogP contribution in [0.5, 0.6) is 0 Å². The zero-order chi connectivity index (χ0) is 21.8. The summed E-state index contributed by atoms with van der Waals surface area (Å²) >= 11 is 0. The molecule has 2 aliphatic heterocycles. The first-order valence-corrected chi connectivity index (χ1v) is 12.4. The first-order chi connectivity index (χ1) is 14.2. The molecule has 0 unspecified atom stereocenters. The number of likely N-dealkylation sites (tertiary alicyclic amines) is 1. The standard InChI is InChI=1S/C22H34N4O3S/c1-22(2)17-26(13-14-30(22,28)29)21(23-3)24-16-20(27)25-11-9-19(10-12-25)15-18-7-5-4-6-8-18/h4-8,19H,9-17H2,1-3H3,(H,23,24). The molecule has 8 heteroatoms. The maximum absolute atomic E-state index is 12.7. The van der Waals surface area contributed by atoms with Crippen molar-refractivity contribution in [1.82, 2.24) is 15.1 Å². The van der Waals surface area contributed by atoms with Gasteiger partial charge in [0.2, 0.25) is 5.91 Å². The van der Waals surface area contributed by atoms with E-state index in [-0.39, 0.29) is 18.2 Å². The minimum atomic E-state index is -3.11. The van der Waals surface area contributed by atoms with Crippen molar-refractivity contribution in [3.05, 3.63) is 35.9 Å². The average molecular weight is 435 g/mol. The van der Waals surface area contributed by atoms with Crippen LogP contribution in [-0.2, 0) is 21.1 Å². The number of nitrogens with zero attached hydrogens (tertiary/aromatic N) is 3.